The molecule has 1 amide bonds. The Kier molecular flexibility index (Phi) is 3.33. The lowest BCUT2D eigenvalue weighted by atomic mass is 10.1. The minimum Gasteiger partial charge on any atom is -0.359 e. The predicted molar refractivity (Wildman–Crippen MR) is 81.8 cm³/mol. The quantitative estimate of drug-likeness (QED) is 0.938. The lowest BCUT2D eigenvalue weighted by Gasteiger charge is -2.18. The van der Waals surface area contributed by atoms with Crippen molar-refractivity contribution in [3.63, 3.8) is 0 Å². The molecule has 2 aromatic carbocycles. The second-order valence-corrected chi connectivity index (χ2v) is 6.82. The van der Waals surface area contributed by atoms with Crippen LogP contribution in [0.15, 0.2) is 41.3 Å². The number of sulfonamides is 1. The van der Waals surface area contributed by atoms with Gasteiger partial charge in [-0.3, -0.25) is 9.10 Å². The van der Waals surface area contributed by atoms with E-state index < -0.39 is 10.0 Å². The Labute approximate surface area is 123 Å². The molecule has 1 N–H and O–H groups in total. The van der Waals surface area contributed by atoms with Crippen LogP contribution in [-0.4, -0.2) is 27.9 Å². The molecule has 0 spiro atoms. The molecule has 0 bridgehead atoms. The van der Waals surface area contributed by atoms with Gasteiger partial charge in [-0.05, 0) is 23.9 Å². The second-order valence-electron chi connectivity index (χ2n) is 4.99. The van der Waals surface area contributed by atoms with Crippen molar-refractivity contribution in [2.45, 2.75) is 17.7 Å². The van der Waals surface area contributed by atoms with E-state index in [1.54, 1.807) is 19.2 Å². The molecule has 21 heavy (non-hydrogen) atoms. The molecule has 6 heteroatoms. The summed E-state index contributed by atoms with van der Waals surface area (Å²) in [6, 6.07) is 10.9. The Hall–Kier alpha value is -2.08. The number of amides is 1. The summed E-state index contributed by atoms with van der Waals surface area (Å²) in [5.74, 6) is -0.0812. The number of hydrogen-bond acceptors (Lipinski definition) is 3. The van der Waals surface area contributed by atoms with Gasteiger partial charge >= 0.3 is 0 Å². The monoisotopic (exact) mass is 304 g/mol. The Morgan fingerprint density at radius 1 is 1.19 bits per heavy atom. The summed E-state index contributed by atoms with van der Waals surface area (Å²) in [4.78, 5) is 11.6. The van der Waals surface area contributed by atoms with E-state index in [2.05, 4.69) is 5.32 Å². The first-order valence-electron chi connectivity index (χ1n) is 6.81. The Bertz CT molecular complexity index is 810. The van der Waals surface area contributed by atoms with E-state index in [0.29, 0.717) is 30.0 Å². The number of carbonyl (C=O) groups excluding carboxylic acids is 1. The van der Waals surface area contributed by atoms with E-state index in [9.17, 15) is 13.2 Å². The average molecular weight is 304 g/mol. The van der Waals surface area contributed by atoms with Gasteiger partial charge in [-0.15, -0.1) is 0 Å². The number of carbonyl (C=O) groups is 1. The molecule has 3 rings (SSSR count). The molecular formula is C15H16N2O3S. The van der Waals surface area contributed by atoms with Gasteiger partial charge < -0.3 is 5.32 Å². The molecule has 0 saturated carbocycles. The summed E-state index contributed by atoms with van der Waals surface area (Å²) in [5, 5.41) is 4.24. The van der Waals surface area contributed by atoms with Gasteiger partial charge in [0.1, 0.15) is 0 Å². The normalized spacial score (nSPS) is 15.4. The maximum atomic E-state index is 12.6. The largest absolute Gasteiger partial charge is 0.359 e. The predicted octanol–water partition coefficient (Wildman–Crippen LogP) is 1.87. The highest BCUT2D eigenvalue weighted by Gasteiger charge is 2.34. The standard InChI is InChI=1S/C15H16N2O3S/c1-16-14(18)9-4-10-17-12-7-2-5-11-6-3-8-13(15(11)12)21(17,19)20/h2-3,5-8H,4,9-10H2,1H3,(H,16,18). The molecular weight excluding hydrogens is 288 g/mol. The minimum atomic E-state index is -3.50. The highest BCUT2D eigenvalue weighted by molar-refractivity contribution is 7.93. The van der Waals surface area contributed by atoms with Crippen LogP contribution in [0, 0.1) is 0 Å². The maximum absolute atomic E-state index is 12.6. The summed E-state index contributed by atoms with van der Waals surface area (Å²) in [5.41, 5.74) is 0.708. The molecule has 0 aromatic heterocycles. The van der Waals surface area contributed by atoms with Crippen LogP contribution in [0.2, 0.25) is 0 Å². The smallest absolute Gasteiger partial charge is 0.265 e. The van der Waals surface area contributed by atoms with Crippen LogP contribution in [0.4, 0.5) is 5.69 Å². The van der Waals surface area contributed by atoms with Crippen molar-refractivity contribution in [1.29, 1.82) is 0 Å². The molecule has 0 fully saturated rings. The molecule has 0 radical (unpaired) electrons. The molecule has 1 aliphatic heterocycles. The zero-order valence-corrected chi connectivity index (χ0v) is 12.5. The fourth-order valence-electron chi connectivity index (χ4n) is 2.71. The number of benzene rings is 2. The van der Waals surface area contributed by atoms with Crippen LogP contribution in [0.5, 0.6) is 0 Å². The number of anilines is 1. The molecule has 0 saturated heterocycles. The van der Waals surface area contributed by atoms with Crippen molar-refractivity contribution in [1.82, 2.24) is 5.32 Å². The SMILES string of the molecule is CNC(=O)CCCN1c2cccc3cccc(c23)S1(=O)=O. The summed E-state index contributed by atoms with van der Waals surface area (Å²) in [7, 11) is -1.93. The van der Waals surface area contributed by atoms with E-state index in [4.69, 9.17) is 0 Å². The van der Waals surface area contributed by atoms with Gasteiger partial charge in [0.25, 0.3) is 10.0 Å². The van der Waals surface area contributed by atoms with Crippen molar-refractivity contribution < 1.29 is 13.2 Å². The van der Waals surface area contributed by atoms with Crippen molar-refractivity contribution in [2.24, 2.45) is 0 Å². The van der Waals surface area contributed by atoms with Crippen molar-refractivity contribution in [2.75, 3.05) is 17.9 Å². The Morgan fingerprint density at radius 3 is 2.62 bits per heavy atom. The van der Waals surface area contributed by atoms with Crippen molar-refractivity contribution >= 4 is 32.4 Å². The van der Waals surface area contributed by atoms with Crippen molar-refractivity contribution in [3.05, 3.63) is 36.4 Å². The van der Waals surface area contributed by atoms with Crippen LogP contribution < -0.4 is 9.62 Å². The fourth-order valence-corrected chi connectivity index (χ4v) is 4.46. The van der Waals surface area contributed by atoms with Gasteiger partial charge in [-0.1, -0.05) is 24.3 Å². The maximum Gasteiger partial charge on any atom is 0.265 e. The van der Waals surface area contributed by atoms with Gasteiger partial charge in [0.15, 0.2) is 0 Å². The summed E-state index contributed by atoms with van der Waals surface area (Å²) >= 11 is 0. The van der Waals surface area contributed by atoms with E-state index in [-0.39, 0.29) is 5.91 Å². The second kappa shape index (κ2) is 5.04. The van der Waals surface area contributed by atoms with Gasteiger partial charge in [-0.25, -0.2) is 8.42 Å². The number of nitrogens with zero attached hydrogens (tertiary/aromatic N) is 1. The molecule has 0 aliphatic carbocycles. The van der Waals surface area contributed by atoms with Gasteiger partial charge in [0.05, 0.1) is 10.6 Å². The minimum absolute atomic E-state index is 0.0812. The summed E-state index contributed by atoms with van der Waals surface area (Å²) in [6.45, 7) is 0.309. The molecule has 0 atom stereocenters. The van der Waals surface area contributed by atoms with Crippen LogP contribution in [0.1, 0.15) is 12.8 Å². The zero-order chi connectivity index (χ0) is 15.0. The fraction of sp³-hybridized carbons (Fsp3) is 0.267. The summed E-state index contributed by atoms with van der Waals surface area (Å²) < 4.78 is 26.7. The summed E-state index contributed by atoms with van der Waals surface area (Å²) in [6.07, 6.45) is 0.804. The molecule has 0 unspecified atom stereocenters. The first-order valence-corrected chi connectivity index (χ1v) is 8.25. The Morgan fingerprint density at radius 2 is 1.90 bits per heavy atom. The highest BCUT2D eigenvalue weighted by Crippen LogP contribution is 2.41. The van der Waals surface area contributed by atoms with Gasteiger partial charge in [0, 0.05) is 25.4 Å². The van der Waals surface area contributed by atoms with E-state index in [0.717, 1.165) is 10.8 Å². The van der Waals surface area contributed by atoms with E-state index in [1.807, 2.05) is 24.3 Å². The van der Waals surface area contributed by atoms with E-state index >= 15 is 0 Å². The molecule has 5 nitrogen and oxygen atoms in total. The third-order valence-electron chi connectivity index (χ3n) is 3.73. The van der Waals surface area contributed by atoms with Crippen molar-refractivity contribution in [3.8, 4) is 0 Å². The highest BCUT2D eigenvalue weighted by atomic mass is 32.2. The van der Waals surface area contributed by atoms with E-state index in [1.165, 1.54) is 4.31 Å². The van der Waals surface area contributed by atoms with Crippen LogP contribution in [-0.2, 0) is 14.8 Å². The zero-order valence-electron chi connectivity index (χ0n) is 11.7. The third kappa shape index (κ3) is 2.15. The molecule has 1 aliphatic rings. The third-order valence-corrected chi connectivity index (χ3v) is 5.58. The first kappa shape index (κ1) is 13.9. The lowest BCUT2D eigenvalue weighted by molar-refractivity contribution is -0.120. The number of rotatable bonds is 4. The topological polar surface area (TPSA) is 66.5 Å². The number of hydrogen-bond donors (Lipinski definition) is 1. The van der Waals surface area contributed by atoms with Gasteiger partial charge in [0.2, 0.25) is 5.91 Å². The first-order chi connectivity index (χ1) is 10.1. The molecule has 110 valence electrons. The average Bonchev–Trinajstić information content (AvgIpc) is 2.70. The lowest BCUT2D eigenvalue weighted by Crippen LogP contribution is -2.29. The van der Waals surface area contributed by atoms with Crippen LogP contribution >= 0.6 is 0 Å². The molecule has 1 heterocycles. The van der Waals surface area contributed by atoms with Crippen LogP contribution in [0.25, 0.3) is 10.8 Å². The van der Waals surface area contributed by atoms with Crippen LogP contribution in [0.3, 0.4) is 0 Å². The van der Waals surface area contributed by atoms with Gasteiger partial charge in [-0.2, -0.15) is 0 Å². The molecule has 2 aromatic rings. The number of nitrogens with one attached hydrogen (secondary N) is 1. The Balaban J connectivity index is 1.97.